The summed E-state index contributed by atoms with van der Waals surface area (Å²) >= 11 is 6.22. The highest BCUT2D eigenvalue weighted by Crippen LogP contribution is 2.25. The molecule has 0 aliphatic carbocycles. The van der Waals surface area contributed by atoms with Gasteiger partial charge in [0.2, 0.25) is 0 Å². The summed E-state index contributed by atoms with van der Waals surface area (Å²) in [5.41, 5.74) is 7.55. The van der Waals surface area contributed by atoms with E-state index < -0.39 is 9.84 Å². The third-order valence-electron chi connectivity index (χ3n) is 3.37. The number of benzene rings is 1. The van der Waals surface area contributed by atoms with E-state index in [1.807, 2.05) is 18.2 Å². The van der Waals surface area contributed by atoms with Crippen LogP contribution < -0.4 is 10.6 Å². The lowest BCUT2D eigenvalue weighted by molar-refractivity contribution is 0.597. The van der Waals surface area contributed by atoms with Gasteiger partial charge in [-0.25, -0.2) is 8.42 Å². The molecule has 0 bridgehead atoms. The van der Waals surface area contributed by atoms with Crippen LogP contribution in [-0.4, -0.2) is 39.6 Å². The molecule has 6 heteroatoms. The Morgan fingerprint density at radius 1 is 1.26 bits per heavy atom. The fourth-order valence-corrected chi connectivity index (χ4v) is 3.83. The highest BCUT2D eigenvalue weighted by Gasteiger charge is 2.19. The SMILES string of the molecule is NCCc1ccc(N2CCCS(=O)(=O)CC2)cc1Cl. The van der Waals surface area contributed by atoms with Crippen LogP contribution in [0.2, 0.25) is 5.02 Å². The molecule has 0 amide bonds. The molecule has 1 fully saturated rings. The lowest BCUT2D eigenvalue weighted by Crippen LogP contribution is -2.26. The summed E-state index contributed by atoms with van der Waals surface area (Å²) in [7, 11) is -2.88. The number of anilines is 1. The number of sulfone groups is 1. The third kappa shape index (κ3) is 3.84. The van der Waals surface area contributed by atoms with Crippen LogP contribution >= 0.6 is 11.6 Å². The van der Waals surface area contributed by atoms with Crippen LogP contribution in [0.1, 0.15) is 12.0 Å². The number of nitrogens with zero attached hydrogens (tertiary/aromatic N) is 1. The van der Waals surface area contributed by atoms with E-state index in [4.69, 9.17) is 17.3 Å². The lowest BCUT2D eigenvalue weighted by Gasteiger charge is -2.22. The van der Waals surface area contributed by atoms with E-state index in [0.29, 0.717) is 24.5 Å². The molecule has 2 rings (SSSR count). The van der Waals surface area contributed by atoms with Crippen LogP contribution in [0.3, 0.4) is 0 Å². The first kappa shape index (κ1) is 14.6. The number of nitrogens with two attached hydrogens (primary N) is 1. The zero-order valence-corrected chi connectivity index (χ0v) is 12.4. The molecule has 106 valence electrons. The van der Waals surface area contributed by atoms with Gasteiger partial charge in [-0.1, -0.05) is 17.7 Å². The minimum absolute atomic E-state index is 0.217. The van der Waals surface area contributed by atoms with E-state index >= 15 is 0 Å². The molecule has 0 aromatic heterocycles. The molecule has 0 atom stereocenters. The molecule has 0 unspecified atom stereocenters. The Hall–Kier alpha value is -0.780. The molecule has 19 heavy (non-hydrogen) atoms. The smallest absolute Gasteiger partial charge is 0.152 e. The third-order valence-corrected chi connectivity index (χ3v) is 5.44. The number of rotatable bonds is 3. The second-order valence-corrected chi connectivity index (χ2v) is 7.52. The summed E-state index contributed by atoms with van der Waals surface area (Å²) in [5.74, 6) is 0.498. The summed E-state index contributed by atoms with van der Waals surface area (Å²) in [4.78, 5) is 2.09. The number of halogens is 1. The highest BCUT2D eigenvalue weighted by molar-refractivity contribution is 7.91. The number of hydrogen-bond acceptors (Lipinski definition) is 4. The molecular formula is C13H19ClN2O2S. The zero-order chi connectivity index (χ0) is 13.9. The molecule has 1 aliphatic heterocycles. The van der Waals surface area contributed by atoms with Crippen molar-refractivity contribution >= 4 is 27.1 Å². The molecule has 1 heterocycles. The Morgan fingerprint density at radius 3 is 2.74 bits per heavy atom. The molecule has 1 aromatic rings. The fourth-order valence-electron chi connectivity index (χ4n) is 2.29. The van der Waals surface area contributed by atoms with Crippen LogP contribution in [0.25, 0.3) is 0 Å². The first-order valence-corrected chi connectivity index (χ1v) is 8.65. The van der Waals surface area contributed by atoms with Gasteiger partial charge in [-0.2, -0.15) is 0 Å². The van der Waals surface area contributed by atoms with Gasteiger partial charge in [0.1, 0.15) is 0 Å². The van der Waals surface area contributed by atoms with Crippen molar-refractivity contribution in [1.82, 2.24) is 0 Å². The molecule has 1 saturated heterocycles. The monoisotopic (exact) mass is 302 g/mol. The average molecular weight is 303 g/mol. The van der Waals surface area contributed by atoms with E-state index in [1.165, 1.54) is 0 Å². The van der Waals surface area contributed by atoms with Gasteiger partial charge >= 0.3 is 0 Å². The second-order valence-electron chi connectivity index (χ2n) is 4.81. The Labute approximate surface area is 119 Å². The van der Waals surface area contributed by atoms with Gasteiger partial charge in [-0.15, -0.1) is 0 Å². The predicted octanol–water partition coefficient (Wildman–Crippen LogP) is 1.47. The maximum absolute atomic E-state index is 11.6. The molecule has 4 nitrogen and oxygen atoms in total. The molecule has 0 radical (unpaired) electrons. The van der Waals surface area contributed by atoms with Gasteiger partial charge in [0.05, 0.1) is 11.5 Å². The Kier molecular flexibility index (Phi) is 4.71. The summed E-state index contributed by atoms with van der Waals surface area (Å²) in [6.07, 6.45) is 1.43. The standard InChI is InChI=1S/C13H19ClN2O2S/c14-13-10-12(3-2-11(13)4-5-15)16-6-1-8-19(17,18)9-7-16/h2-3,10H,1,4-9,15H2. The van der Waals surface area contributed by atoms with Crippen molar-refractivity contribution < 1.29 is 8.42 Å². The van der Waals surface area contributed by atoms with Crippen LogP contribution in [0.4, 0.5) is 5.69 Å². The van der Waals surface area contributed by atoms with Gasteiger partial charge in [0.25, 0.3) is 0 Å². The molecular weight excluding hydrogens is 284 g/mol. The topological polar surface area (TPSA) is 63.4 Å². The van der Waals surface area contributed by atoms with Gasteiger partial charge < -0.3 is 10.6 Å². The van der Waals surface area contributed by atoms with Gasteiger partial charge in [0, 0.05) is 23.8 Å². The Morgan fingerprint density at radius 2 is 2.05 bits per heavy atom. The van der Waals surface area contributed by atoms with Gasteiger partial charge in [-0.3, -0.25) is 0 Å². The van der Waals surface area contributed by atoms with Crippen molar-refractivity contribution in [2.45, 2.75) is 12.8 Å². The normalized spacial score (nSPS) is 19.2. The number of hydrogen-bond donors (Lipinski definition) is 1. The van der Waals surface area contributed by atoms with Crippen molar-refractivity contribution in [3.05, 3.63) is 28.8 Å². The summed E-state index contributed by atoms with van der Waals surface area (Å²) < 4.78 is 23.2. The average Bonchev–Trinajstić information content (AvgIpc) is 2.53. The molecule has 0 saturated carbocycles. The second kappa shape index (κ2) is 6.11. The van der Waals surface area contributed by atoms with Gasteiger partial charge in [0.15, 0.2) is 9.84 Å². The van der Waals surface area contributed by atoms with Crippen LogP contribution in [0.15, 0.2) is 18.2 Å². The summed E-state index contributed by atoms with van der Waals surface area (Å²) in [6, 6.07) is 5.88. The van der Waals surface area contributed by atoms with Crippen molar-refractivity contribution in [2.24, 2.45) is 5.73 Å². The quantitative estimate of drug-likeness (QED) is 0.918. The van der Waals surface area contributed by atoms with Crippen LogP contribution in [0.5, 0.6) is 0 Å². The van der Waals surface area contributed by atoms with E-state index in [9.17, 15) is 8.42 Å². The van der Waals surface area contributed by atoms with E-state index in [2.05, 4.69) is 4.90 Å². The van der Waals surface area contributed by atoms with Crippen molar-refractivity contribution in [1.29, 1.82) is 0 Å². The minimum Gasteiger partial charge on any atom is -0.370 e. The predicted molar refractivity (Wildman–Crippen MR) is 79.7 cm³/mol. The Balaban J connectivity index is 2.16. The first-order chi connectivity index (χ1) is 9.02. The first-order valence-electron chi connectivity index (χ1n) is 6.46. The maximum Gasteiger partial charge on any atom is 0.152 e. The van der Waals surface area contributed by atoms with Crippen molar-refractivity contribution in [2.75, 3.05) is 36.0 Å². The van der Waals surface area contributed by atoms with Crippen LogP contribution in [0, 0.1) is 0 Å². The highest BCUT2D eigenvalue weighted by atomic mass is 35.5. The molecule has 1 aromatic carbocycles. The van der Waals surface area contributed by atoms with E-state index in [1.54, 1.807) is 0 Å². The Bertz CT molecular complexity index is 546. The lowest BCUT2D eigenvalue weighted by atomic mass is 10.1. The van der Waals surface area contributed by atoms with E-state index in [0.717, 1.165) is 24.2 Å². The van der Waals surface area contributed by atoms with Crippen molar-refractivity contribution in [3.8, 4) is 0 Å². The molecule has 0 spiro atoms. The summed E-state index contributed by atoms with van der Waals surface area (Å²) in [5, 5.41) is 0.704. The maximum atomic E-state index is 11.6. The van der Waals surface area contributed by atoms with Gasteiger partial charge in [-0.05, 0) is 37.1 Å². The molecule has 1 aliphatic rings. The minimum atomic E-state index is -2.88. The largest absolute Gasteiger partial charge is 0.370 e. The van der Waals surface area contributed by atoms with E-state index in [-0.39, 0.29) is 11.5 Å². The fraction of sp³-hybridized carbons (Fsp3) is 0.538. The zero-order valence-electron chi connectivity index (χ0n) is 10.8. The molecule has 2 N–H and O–H groups in total. The summed E-state index contributed by atoms with van der Waals surface area (Å²) in [6.45, 7) is 1.86. The van der Waals surface area contributed by atoms with Crippen molar-refractivity contribution in [3.63, 3.8) is 0 Å². The van der Waals surface area contributed by atoms with Crippen LogP contribution in [-0.2, 0) is 16.3 Å².